The second-order valence-electron chi connectivity index (χ2n) is 3.77. The van der Waals surface area contributed by atoms with Crippen LogP contribution >= 0.6 is 0 Å². The number of para-hydroxylation sites is 1. The molecule has 1 unspecified atom stereocenters. The lowest BCUT2D eigenvalue weighted by Crippen LogP contribution is -2.33. The normalized spacial score (nSPS) is 13.1. The average molecular weight is 256 g/mol. The summed E-state index contributed by atoms with van der Waals surface area (Å²) in [6.45, 7) is 1.51. The van der Waals surface area contributed by atoms with Crippen LogP contribution < -0.4 is 11.1 Å². The summed E-state index contributed by atoms with van der Waals surface area (Å²) in [4.78, 5) is 11.5. The SMILES string of the molecule is CC(CN)S(=O)(=O)CC(=O)Nc1ccccc1. The number of carbonyl (C=O) groups is 1. The van der Waals surface area contributed by atoms with Crippen molar-refractivity contribution in [1.82, 2.24) is 0 Å². The first-order valence-electron chi connectivity index (χ1n) is 5.22. The number of rotatable bonds is 5. The maximum atomic E-state index is 11.6. The number of amides is 1. The number of hydrogen-bond acceptors (Lipinski definition) is 4. The molecule has 0 saturated heterocycles. The molecule has 0 aromatic heterocycles. The van der Waals surface area contributed by atoms with Crippen molar-refractivity contribution >= 4 is 21.4 Å². The fourth-order valence-corrected chi connectivity index (χ4v) is 2.21. The second-order valence-corrected chi connectivity index (χ2v) is 6.19. The maximum absolute atomic E-state index is 11.6. The highest BCUT2D eigenvalue weighted by molar-refractivity contribution is 7.92. The van der Waals surface area contributed by atoms with Gasteiger partial charge in [0.15, 0.2) is 9.84 Å². The summed E-state index contributed by atoms with van der Waals surface area (Å²) >= 11 is 0. The van der Waals surface area contributed by atoms with E-state index in [2.05, 4.69) is 5.32 Å². The van der Waals surface area contributed by atoms with E-state index in [1.165, 1.54) is 6.92 Å². The van der Waals surface area contributed by atoms with E-state index < -0.39 is 26.7 Å². The van der Waals surface area contributed by atoms with Crippen molar-refractivity contribution in [1.29, 1.82) is 0 Å². The Morgan fingerprint density at radius 2 is 1.94 bits per heavy atom. The van der Waals surface area contributed by atoms with E-state index in [-0.39, 0.29) is 6.54 Å². The second kappa shape index (κ2) is 5.79. The van der Waals surface area contributed by atoms with Gasteiger partial charge in [-0.25, -0.2) is 8.42 Å². The molecule has 5 nitrogen and oxygen atoms in total. The van der Waals surface area contributed by atoms with Gasteiger partial charge in [0.1, 0.15) is 5.75 Å². The van der Waals surface area contributed by atoms with E-state index in [0.717, 1.165) is 0 Å². The van der Waals surface area contributed by atoms with Crippen LogP contribution in [0, 0.1) is 0 Å². The van der Waals surface area contributed by atoms with Gasteiger partial charge in [-0.3, -0.25) is 4.79 Å². The van der Waals surface area contributed by atoms with Gasteiger partial charge in [0.25, 0.3) is 0 Å². The molecule has 0 saturated carbocycles. The van der Waals surface area contributed by atoms with Gasteiger partial charge in [-0.15, -0.1) is 0 Å². The average Bonchev–Trinajstić information content (AvgIpc) is 2.28. The number of sulfone groups is 1. The first kappa shape index (κ1) is 13.7. The summed E-state index contributed by atoms with van der Waals surface area (Å²) in [6, 6.07) is 8.70. The molecule has 0 aliphatic rings. The molecule has 1 rings (SSSR count). The Labute approximate surface area is 101 Å². The molecule has 3 N–H and O–H groups in total. The highest BCUT2D eigenvalue weighted by atomic mass is 32.2. The van der Waals surface area contributed by atoms with Gasteiger partial charge in [0.05, 0.1) is 5.25 Å². The minimum Gasteiger partial charge on any atom is -0.329 e. The molecule has 0 aliphatic carbocycles. The molecule has 1 atom stereocenters. The molecule has 0 heterocycles. The summed E-state index contributed by atoms with van der Waals surface area (Å²) < 4.78 is 23.2. The third-order valence-corrected chi connectivity index (χ3v) is 4.42. The zero-order chi connectivity index (χ0) is 12.9. The molecule has 1 aromatic carbocycles. The largest absolute Gasteiger partial charge is 0.329 e. The van der Waals surface area contributed by atoms with Crippen LogP contribution in [0.3, 0.4) is 0 Å². The Balaban J connectivity index is 2.62. The van der Waals surface area contributed by atoms with E-state index in [0.29, 0.717) is 5.69 Å². The molecule has 1 aromatic rings. The van der Waals surface area contributed by atoms with Crippen LogP contribution in [0.25, 0.3) is 0 Å². The number of anilines is 1. The Morgan fingerprint density at radius 3 is 2.47 bits per heavy atom. The first-order chi connectivity index (χ1) is 7.95. The van der Waals surface area contributed by atoms with Crippen LogP contribution in [-0.2, 0) is 14.6 Å². The molecule has 1 amide bonds. The molecule has 0 radical (unpaired) electrons. The quantitative estimate of drug-likeness (QED) is 0.797. The zero-order valence-electron chi connectivity index (χ0n) is 9.59. The summed E-state index contributed by atoms with van der Waals surface area (Å²) in [5.41, 5.74) is 5.85. The summed E-state index contributed by atoms with van der Waals surface area (Å²) in [5, 5.41) is 1.81. The number of nitrogens with one attached hydrogen (secondary N) is 1. The van der Waals surface area contributed by atoms with Crippen molar-refractivity contribution < 1.29 is 13.2 Å². The lowest BCUT2D eigenvalue weighted by molar-refractivity contribution is -0.113. The van der Waals surface area contributed by atoms with Crippen molar-refractivity contribution in [2.75, 3.05) is 17.6 Å². The predicted octanol–water partition coefficient (Wildman–Crippen LogP) is 0.387. The van der Waals surface area contributed by atoms with Gasteiger partial charge in [-0.05, 0) is 19.1 Å². The predicted molar refractivity (Wildman–Crippen MR) is 67.4 cm³/mol. The van der Waals surface area contributed by atoms with Crippen LogP contribution in [0.2, 0.25) is 0 Å². The fourth-order valence-electron chi connectivity index (χ4n) is 1.19. The zero-order valence-corrected chi connectivity index (χ0v) is 10.4. The standard InChI is InChI=1S/C11H16N2O3S/c1-9(7-12)17(15,16)8-11(14)13-10-5-3-2-4-6-10/h2-6,9H,7-8,12H2,1H3,(H,13,14). The van der Waals surface area contributed by atoms with Gasteiger partial charge in [0.2, 0.25) is 5.91 Å². The Bertz CT molecular complexity index is 471. The summed E-state index contributed by atoms with van der Waals surface area (Å²) in [7, 11) is -3.47. The van der Waals surface area contributed by atoms with E-state index in [1.807, 2.05) is 6.07 Å². The summed E-state index contributed by atoms with van der Waals surface area (Å²) in [5.74, 6) is -1.09. The van der Waals surface area contributed by atoms with Crippen LogP contribution in [0.5, 0.6) is 0 Å². The van der Waals surface area contributed by atoms with Crippen molar-refractivity contribution in [2.45, 2.75) is 12.2 Å². The minimum absolute atomic E-state index is 0.0148. The highest BCUT2D eigenvalue weighted by Gasteiger charge is 2.22. The highest BCUT2D eigenvalue weighted by Crippen LogP contribution is 2.06. The van der Waals surface area contributed by atoms with Crippen LogP contribution in [-0.4, -0.2) is 31.9 Å². The van der Waals surface area contributed by atoms with Gasteiger partial charge >= 0.3 is 0 Å². The number of carbonyl (C=O) groups excluding carboxylic acids is 1. The molecule has 94 valence electrons. The molecule has 0 spiro atoms. The molecule has 0 aliphatic heterocycles. The van der Waals surface area contributed by atoms with Crippen molar-refractivity contribution in [2.24, 2.45) is 5.73 Å². The third-order valence-electron chi connectivity index (χ3n) is 2.33. The summed E-state index contributed by atoms with van der Waals surface area (Å²) in [6.07, 6.45) is 0. The van der Waals surface area contributed by atoms with Gasteiger partial charge in [-0.1, -0.05) is 18.2 Å². The van der Waals surface area contributed by atoms with Crippen molar-refractivity contribution in [3.63, 3.8) is 0 Å². The van der Waals surface area contributed by atoms with Gasteiger partial charge < -0.3 is 11.1 Å². The smallest absolute Gasteiger partial charge is 0.239 e. The molecule has 0 bridgehead atoms. The van der Waals surface area contributed by atoms with Gasteiger partial charge in [0, 0.05) is 12.2 Å². The van der Waals surface area contributed by atoms with Crippen molar-refractivity contribution in [3.05, 3.63) is 30.3 Å². The molecule has 17 heavy (non-hydrogen) atoms. The Hall–Kier alpha value is -1.40. The van der Waals surface area contributed by atoms with E-state index in [9.17, 15) is 13.2 Å². The number of benzene rings is 1. The van der Waals surface area contributed by atoms with Crippen LogP contribution in [0.4, 0.5) is 5.69 Å². The Kier molecular flexibility index (Phi) is 4.65. The van der Waals surface area contributed by atoms with E-state index in [4.69, 9.17) is 5.73 Å². The van der Waals surface area contributed by atoms with Gasteiger partial charge in [-0.2, -0.15) is 0 Å². The Morgan fingerprint density at radius 1 is 1.35 bits per heavy atom. The van der Waals surface area contributed by atoms with Crippen LogP contribution in [0.15, 0.2) is 30.3 Å². The molecular weight excluding hydrogens is 240 g/mol. The van der Waals surface area contributed by atoms with E-state index in [1.54, 1.807) is 24.3 Å². The maximum Gasteiger partial charge on any atom is 0.239 e. The van der Waals surface area contributed by atoms with Crippen LogP contribution in [0.1, 0.15) is 6.92 Å². The molecule has 6 heteroatoms. The fraction of sp³-hybridized carbons (Fsp3) is 0.364. The number of hydrogen-bond donors (Lipinski definition) is 2. The van der Waals surface area contributed by atoms with Crippen molar-refractivity contribution in [3.8, 4) is 0 Å². The first-order valence-corrected chi connectivity index (χ1v) is 6.94. The minimum atomic E-state index is -3.47. The molecular formula is C11H16N2O3S. The topological polar surface area (TPSA) is 89.3 Å². The lowest BCUT2D eigenvalue weighted by Gasteiger charge is -2.10. The van der Waals surface area contributed by atoms with E-state index >= 15 is 0 Å². The molecule has 0 fully saturated rings. The third kappa shape index (κ3) is 4.16. The lowest BCUT2D eigenvalue weighted by atomic mass is 10.3. The monoisotopic (exact) mass is 256 g/mol. The number of nitrogens with two attached hydrogens (primary N) is 1.